The van der Waals surface area contributed by atoms with E-state index in [9.17, 15) is 9.18 Å². The number of likely N-dealkylation sites (tertiary alicyclic amines) is 1. The van der Waals surface area contributed by atoms with Crippen LogP contribution in [0.1, 0.15) is 30.1 Å². The van der Waals surface area contributed by atoms with E-state index in [-0.39, 0.29) is 5.91 Å². The summed E-state index contributed by atoms with van der Waals surface area (Å²) >= 11 is 3.58. The van der Waals surface area contributed by atoms with E-state index in [0.717, 1.165) is 32.1 Å². The van der Waals surface area contributed by atoms with Gasteiger partial charge in [0.15, 0.2) is 0 Å². The van der Waals surface area contributed by atoms with Crippen molar-refractivity contribution in [3.05, 3.63) is 29.8 Å². The number of aromatic nitrogens is 1. The summed E-state index contributed by atoms with van der Waals surface area (Å²) in [5, 5.41) is 0. The minimum Gasteiger partial charge on any atom is -0.339 e. The number of hydrogen-bond donors (Lipinski definition) is 0. The first-order valence-electron chi connectivity index (χ1n) is 6.12. The zero-order chi connectivity index (χ0) is 13.1. The number of halogens is 2. The van der Waals surface area contributed by atoms with Crippen LogP contribution in [0.3, 0.4) is 0 Å². The van der Waals surface area contributed by atoms with Crippen LogP contribution in [0.15, 0.2) is 18.5 Å². The predicted octanol–water partition coefficient (Wildman–Crippen LogP) is 2.86. The van der Waals surface area contributed by atoms with E-state index in [1.165, 1.54) is 12.3 Å². The molecule has 5 heteroatoms. The molecule has 1 atom stereocenters. The summed E-state index contributed by atoms with van der Waals surface area (Å²) in [7, 11) is 0. The largest absolute Gasteiger partial charge is 0.339 e. The van der Waals surface area contributed by atoms with Crippen molar-refractivity contribution in [3.63, 3.8) is 0 Å². The average Bonchev–Trinajstić information content (AvgIpc) is 2.38. The van der Waals surface area contributed by atoms with Crippen molar-refractivity contribution in [2.75, 3.05) is 13.1 Å². The van der Waals surface area contributed by atoms with E-state index in [2.05, 4.69) is 27.8 Å². The highest BCUT2D eigenvalue weighted by atomic mass is 79.9. The molecule has 98 valence electrons. The molecule has 1 aromatic rings. The fraction of sp³-hybridized carbons (Fsp3) is 0.538. The van der Waals surface area contributed by atoms with Crippen molar-refractivity contribution in [2.45, 2.75) is 24.6 Å². The lowest BCUT2D eigenvalue weighted by Gasteiger charge is -2.33. The Labute approximate surface area is 115 Å². The van der Waals surface area contributed by atoms with Gasteiger partial charge in [0.05, 0.1) is 11.8 Å². The Balaban J connectivity index is 1.99. The highest BCUT2D eigenvalue weighted by molar-refractivity contribution is 9.09. The van der Waals surface area contributed by atoms with Crippen molar-refractivity contribution in [2.24, 2.45) is 5.92 Å². The lowest BCUT2D eigenvalue weighted by molar-refractivity contribution is 0.0690. The van der Waals surface area contributed by atoms with E-state index in [4.69, 9.17) is 0 Å². The summed E-state index contributed by atoms with van der Waals surface area (Å²) in [6.07, 6.45) is 4.50. The SMILES string of the molecule is CC(Br)C1CCN(C(=O)c2cncc(F)c2)CC1. The molecule has 0 saturated carbocycles. The molecule has 1 saturated heterocycles. The third kappa shape index (κ3) is 3.07. The van der Waals surface area contributed by atoms with Gasteiger partial charge in [0.25, 0.3) is 5.91 Å². The van der Waals surface area contributed by atoms with E-state index in [1.807, 2.05) is 0 Å². The molecule has 1 fully saturated rings. The van der Waals surface area contributed by atoms with Crippen molar-refractivity contribution < 1.29 is 9.18 Å². The molecule has 1 aromatic heterocycles. The molecule has 0 spiro atoms. The number of amides is 1. The minimum atomic E-state index is -0.468. The van der Waals surface area contributed by atoms with Gasteiger partial charge in [-0.2, -0.15) is 0 Å². The number of hydrogen-bond acceptors (Lipinski definition) is 2. The number of nitrogens with zero attached hydrogens (tertiary/aromatic N) is 2. The van der Waals surface area contributed by atoms with Gasteiger partial charge in [0.1, 0.15) is 5.82 Å². The van der Waals surface area contributed by atoms with Gasteiger partial charge in [-0.05, 0) is 24.8 Å². The van der Waals surface area contributed by atoms with E-state index < -0.39 is 5.82 Å². The van der Waals surface area contributed by atoms with Crippen LogP contribution in [-0.2, 0) is 0 Å². The topological polar surface area (TPSA) is 33.2 Å². The van der Waals surface area contributed by atoms with Crippen LogP contribution in [0.4, 0.5) is 4.39 Å². The van der Waals surface area contributed by atoms with Gasteiger partial charge in [0, 0.05) is 24.1 Å². The molecule has 1 aliphatic rings. The molecule has 1 aliphatic heterocycles. The maximum atomic E-state index is 13.0. The van der Waals surface area contributed by atoms with E-state index >= 15 is 0 Å². The zero-order valence-corrected chi connectivity index (χ0v) is 11.9. The van der Waals surface area contributed by atoms with Crippen LogP contribution >= 0.6 is 15.9 Å². The van der Waals surface area contributed by atoms with Crippen molar-refractivity contribution >= 4 is 21.8 Å². The highest BCUT2D eigenvalue weighted by Crippen LogP contribution is 2.25. The molecule has 0 aromatic carbocycles. The van der Waals surface area contributed by atoms with Crippen molar-refractivity contribution in [1.82, 2.24) is 9.88 Å². The molecule has 0 radical (unpaired) electrons. The summed E-state index contributed by atoms with van der Waals surface area (Å²) in [5.74, 6) is 0.0205. The van der Waals surface area contributed by atoms with E-state index in [1.54, 1.807) is 4.90 Å². The van der Waals surface area contributed by atoms with Gasteiger partial charge in [-0.15, -0.1) is 0 Å². The number of alkyl halides is 1. The maximum absolute atomic E-state index is 13.0. The Morgan fingerprint density at radius 1 is 1.50 bits per heavy atom. The summed E-state index contributed by atoms with van der Waals surface area (Å²) in [6, 6.07) is 1.24. The normalized spacial score (nSPS) is 18.7. The lowest BCUT2D eigenvalue weighted by atomic mass is 9.94. The van der Waals surface area contributed by atoms with Crippen LogP contribution in [0, 0.1) is 11.7 Å². The standard InChI is InChI=1S/C13H16BrFN2O/c1-9(14)10-2-4-17(5-3-10)13(18)11-6-12(15)8-16-7-11/h6-10H,2-5H2,1H3. The summed E-state index contributed by atoms with van der Waals surface area (Å²) in [5.41, 5.74) is 0.334. The third-order valence-corrected chi connectivity index (χ3v) is 4.18. The predicted molar refractivity (Wildman–Crippen MR) is 71.2 cm³/mol. The van der Waals surface area contributed by atoms with Crippen LogP contribution in [-0.4, -0.2) is 33.7 Å². The Morgan fingerprint density at radius 2 is 2.17 bits per heavy atom. The minimum absolute atomic E-state index is 0.123. The van der Waals surface area contributed by atoms with Crippen LogP contribution in [0.5, 0.6) is 0 Å². The van der Waals surface area contributed by atoms with Crippen LogP contribution < -0.4 is 0 Å². The quantitative estimate of drug-likeness (QED) is 0.786. The summed E-state index contributed by atoms with van der Waals surface area (Å²) < 4.78 is 13.0. The first-order valence-corrected chi connectivity index (χ1v) is 7.03. The molecule has 18 heavy (non-hydrogen) atoms. The average molecular weight is 315 g/mol. The Hall–Kier alpha value is -0.970. The third-order valence-electron chi connectivity index (χ3n) is 3.43. The summed E-state index contributed by atoms with van der Waals surface area (Å²) in [4.78, 5) is 18.1. The molecule has 1 unspecified atom stereocenters. The first kappa shape index (κ1) is 13.5. The molecule has 0 N–H and O–H groups in total. The number of carbonyl (C=O) groups is 1. The fourth-order valence-electron chi connectivity index (χ4n) is 2.27. The van der Waals surface area contributed by atoms with Crippen molar-refractivity contribution in [3.8, 4) is 0 Å². The Bertz CT molecular complexity index is 431. The van der Waals surface area contributed by atoms with Gasteiger partial charge in [-0.1, -0.05) is 22.9 Å². The Morgan fingerprint density at radius 3 is 2.72 bits per heavy atom. The van der Waals surface area contributed by atoms with Gasteiger partial charge in [-0.3, -0.25) is 9.78 Å². The maximum Gasteiger partial charge on any atom is 0.255 e. The highest BCUT2D eigenvalue weighted by Gasteiger charge is 2.26. The number of carbonyl (C=O) groups excluding carboxylic acids is 1. The number of pyridine rings is 1. The summed E-state index contributed by atoms with van der Waals surface area (Å²) in [6.45, 7) is 3.60. The van der Waals surface area contributed by atoms with E-state index in [0.29, 0.717) is 16.3 Å². The molecule has 0 aliphatic carbocycles. The van der Waals surface area contributed by atoms with Crippen molar-refractivity contribution in [1.29, 1.82) is 0 Å². The van der Waals surface area contributed by atoms with Gasteiger partial charge < -0.3 is 4.90 Å². The molecule has 2 rings (SSSR count). The lowest BCUT2D eigenvalue weighted by Crippen LogP contribution is -2.40. The molecular weight excluding hydrogens is 299 g/mol. The second-order valence-corrected chi connectivity index (χ2v) is 6.14. The van der Waals surface area contributed by atoms with Crippen LogP contribution in [0.25, 0.3) is 0 Å². The Kier molecular flexibility index (Phi) is 4.32. The van der Waals surface area contributed by atoms with Gasteiger partial charge in [0.2, 0.25) is 0 Å². The van der Waals surface area contributed by atoms with Gasteiger partial charge >= 0.3 is 0 Å². The molecule has 1 amide bonds. The number of piperidine rings is 1. The van der Waals surface area contributed by atoms with Crippen LogP contribution in [0.2, 0.25) is 0 Å². The molecular formula is C13H16BrFN2O. The first-order chi connectivity index (χ1) is 8.58. The molecule has 3 nitrogen and oxygen atoms in total. The number of rotatable bonds is 2. The zero-order valence-electron chi connectivity index (χ0n) is 10.3. The smallest absolute Gasteiger partial charge is 0.255 e. The molecule has 0 bridgehead atoms. The monoisotopic (exact) mass is 314 g/mol. The fourth-order valence-corrected chi connectivity index (χ4v) is 2.80. The molecule has 2 heterocycles. The second kappa shape index (κ2) is 5.78. The second-order valence-electron chi connectivity index (χ2n) is 4.70. The van der Waals surface area contributed by atoms with Gasteiger partial charge in [-0.25, -0.2) is 4.39 Å².